The second-order valence-electron chi connectivity index (χ2n) is 10.0. The lowest BCUT2D eigenvalue weighted by Crippen LogP contribution is -2.26. The molecule has 226 valence electrons. The van der Waals surface area contributed by atoms with E-state index < -0.39 is 36.1 Å². The molecule has 2 fully saturated rings. The van der Waals surface area contributed by atoms with E-state index in [4.69, 9.17) is 30.1 Å². The van der Waals surface area contributed by atoms with E-state index in [2.05, 4.69) is 34.4 Å². The van der Waals surface area contributed by atoms with Crippen molar-refractivity contribution in [2.45, 2.75) is 48.1 Å². The van der Waals surface area contributed by atoms with Crippen LogP contribution < -0.4 is 17.0 Å². The van der Waals surface area contributed by atoms with Gasteiger partial charge in [0.05, 0.1) is 31.0 Å². The van der Waals surface area contributed by atoms with Gasteiger partial charge in [-0.25, -0.2) is 24.2 Å². The van der Waals surface area contributed by atoms with Gasteiger partial charge >= 0.3 is 0 Å². The van der Waals surface area contributed by atoms with Crippen LogP contribution in [0, 0.1) is 5.92 Å². The van der Waals surface area contributed by atoms with Crippen molar-refractivity contribution in [2.75, 3.05) is 30.8 Å². The fourth-order valence-electron chi connectivity index (χ4n) is 5.53. The van der Waals surface area contributed by atoms with Gasteiger partial charge in [-0.2, -0.15) is 4.98 Å². The molecule has 15 nitrogen and oxygen atoms in total. The summed E-state index contributed by atoms with van der Waals surface area (Å²) in [4.78, 5) is 35.9. The highest BCUT2D eigenvalue weighted by Crippen LogP contribution is 2.45. The monoisotopic (exact) mass is 641 g/mol. The third-order valence-corrected chi connectivity index (χ3v) is 10.1. The van der Waals surface area contributed by atoms with Crippen LogP contribution in [0.3, 0.4) is 0 Å². The molecule has 6 rings (SSSR count). The fraction of sp³-hybridized carbons (Fsp3) is 0.522. The van der Waals surface area contributed by atoms with Crippen molar-refractivity contribution in [2.24, 2.45) is 5.92 Å². The Morgan fingerprint density at radius 2 is 2.12 bits per heavy atom. The van der Waals surface area contributed by atoms with E-state index in [1.165, 1.54) is 24.4 Å². The largest absolute Gasteiger partial charge is 0.383 e. The number of fused-ring (bicyclic) bond motifs is 2. The van der Waals surface area contributed by atoms with Crippen molar-refractivity contribution in [1.82, 2.24) is 34.1 Å². The van der Waals surface area contributed by atoms with Crippen molar-refractivity contribution >= 4 is 64.0 Å². The number of nitrogens with one attached hydrogen (secondary N) is 1. The van der Waals surface area contributed by atoms with E-state index in [1.54, 1.807) is 21.4 Å². The van der Waals surface area contributed by atoms with Gasteiger partial charge in [0.15, 0.2) is 23.6 Å². The number of thioether (sulfide) groups is 1. The Morgan fingerprint density at radius 3 is 2.93 bits per heavy atom. The summed E-state index contributed by atoms with van der Waals surface area (Å²) in [5, 5.41) is 9.80. The van der Waals surface area contributed by atoms with E-state index in [1.807, 2.05) is 0 Å². The lowest BCUT2D eigenvalue weighted by Gasteiger charge is -2.18. The number of nitrogen functional groups attached to an aromatic ring is 2. The van der Waals surface area contributed by atoms with E-state index >= 15 is 4.39 Å². The molecule has 0 radical (unpaired) electrons. The van der Waals surface area contributed by atoms with E-state index in [-0.39, 0.29) is 37.5 Å². The molecule has 6 heterocycles. The van der Waals surface area contributed by atoms with Crippen LogP contribution in [0.2, 0.25) is 0 Å². The van der Waals surface area contributed by atoms with E-state index in [9.17, 15) is 10.1 Å². The Hall–Kier alpha value is -2.49. The summed E-state index contributed by atoms with van der Waals surface area (Å²) < 4.78 is 36.4. The number of nitrogens with zero attached hydrogens (tertiary/aromatic N) is 6. The summed E-state index contributed by atoms with van der Waals surface area (Å²) in [6.45, 7) is 0.629. The van der Waals surface area contributed by atoms with Crippen LogP contribution >= 0.6 is 30.0 Å². The van der Waals surface area contributed by atoms with Gasteiger partial charge in [-0.1, -0.05) is 0 Å². The zero-order valence-corrected chi connectivity index (χ0v) is 25.0. The van der Waals surface area contributed by atoms with Gasteiger partial charge in [0.1, 0.15) is 29.3 Å². The number of imidazole rings is 1. The third-order valence-electron chi connectivity index (χ3n) is 7.50. The van der Waals surface area contributed by atoms with Crippen LogP contribution in [-0.2, 0) is 18.7 Å². The maximum absolute atomic E-state index is 15.8. The van der Waals surface area contributed by atoms with Crippen LogP contribution in [0.4, 0.5) is 16.2 Å². The minimum Gasteiger partial charge on any atom is -0.383 e. The summed E-state index contributed by atoms with van der Waals surface area (Å²) in [6, 6.07) is 1.75. The number of hydrogen-bond donors (Lipinski definition) is 4. The molecule has 0 aliphatic carbocycles. The molecule has 6 N–H and O–H groups in total. The molecule has 19 heteroatoms. The smallest absolute Gasteiger partial charge is 0.280 e. The number of halogens is 1. The number of aromatic amines is 1. The standard InChI is InChI=1S/C23H30FN9O6P2S/c24-15-11(14(7-36-40)38-21(15)32-3-1-12-17(25)27-8-28-18(12)32)2-4-41-37-6-10-5-13(39-35)22(42-10)33-9-29-16-19(33)30-23(26)31-20(16)34/h1,3,8-11,13-15,21-22,35,41H,2,4-7,40H2,(H2,25,27,28)(H3,26,30,31,34)/t10-,11+,13+,14+,15-,21+,22+/m0/s1. The second-order valence-corrected chi connectivity index (χ2v) is 12.9. The number of hydrogen-bond acceptors (Lipinski definition) is 13. The molecule has 0 amide bonds. The first kappa shape index (κ1) is 29.6. The molecule has 0 aromatic carbocycles. The minimum atomic E-state index is -1.29. The Labute approximate surface area is 246 Å². The molecular weight excluding hydrogens is 611 g/mol. The van der Waals surface area contributed by atoms with Crippen molar-refractivity contribution < 1.29 is 28.3 Å². The average molecular weight is 642 g/mol. The highest BCUT2D eigenvalue weighted by Gasteiger charge is 2.46. The lowest BCUT2D eigenvalue weighted by atomic mass is 9.96. The van der Waals surface area contributed by atoms with Crippen molar-refractivity contribution in [1.29, 1.82) is 0 Å². The minimum absolute atomic E-state index is 0.000672. The molecule has 42 heavy (non-hydrogen) atoms. The molecule has 9 atom stereocenters. The number of ether oxygens (including phenoxy) is 1. The quantitative estimate of drug-likeness (QED) is 0.0804. The second kappa shape index (κ2) is 12.6. The van der Waals surface area contributed by atoms with Gasteiger partial charge in [-0.15, -0.1) is 11.8 Å². The fourth-order valence-corrected chi connectivity index (χ4v) is 8.22. The van der Waals surface area contributed by atoms with Gasteiger partial charge in [-0.05, 0) is 25.1 Å². The third kappa shape index (κ3) is 5.60. The van der Waals surface area contributed by atoms with E-state index in [0.29, 0.717) is 48.1 Å². The zero-order valence-electron chi connectivity index (χ0n) is 22.1. The summed E-state index contributed by atoms with van der Waals surface area (Å²) >= 11 is 1.52. The first-order valence-corrected chi connectivity index (χ1v) is 15.6. The summed E-state index contributed by atoms with van der Waals surface area (Å²) in [6.07, 6.45) is 3.06. The molecule has 2 aliphatic rings. The van der Waals surface area contributed by atoms with Gasteiger partial charge in [-0.3, -0.25) is 19.6 Å². The Kier molecular flexibility index (Phi) is 8.89. The Bertz CT molecular complexity index is 1610. The van der Waals surface area contributed by atoms with Crippen LogP contribution in [0.15, 0.2) is 29.7 Å². The molecule has 4 aromatic rings. The molecule has 2 aliphatic heterocycles. The van der Waals surface area contributed by atoms with Crippen molar-refractivity contribution in [3.05, 3.63) is 35.3 Å². The van der Waals surface area contributed by atoms with Crippen LogP contribution in [-0.4, -0.2) is 82.3 Å². The summed E-state index contributed by atoms with van der Waals surface area (Å²) in [5.41, 5.74) is 12.2. The number of rotatable bonds is 11. The van der Waals surface area contributed by atoms with Crippen molar-refractivity contribution in [3.8, 4) is 0 Å². The Balaban J connectivity index is 1.04. The highest BCUT2D eigenvalue weighted by atomic mass is 32.2. The zero-order chi connectivity index (χ0) is 29.4. The predicted octanol–water partition coefficient (Wildman–Crippen LogP) is 2.25. The summed E-state index contributed by atoms with van der Waals surface area (Å²) in [7, 11) is 2.32. The molecule has 0 spiro atoms. The molecule has 0 bridgehead atoms. The van der Waals surface area contributed by atoms with Crippen LogP contribution in [0.5, 0.6) is 0 Å². The normalized spacial score (nSPS) is 28.2. The van der Waals surface area contributed by atoms with Gasteiger partial charge in [0.25, 0.3) is 5.56 Å². The first-order valence-electron chi connectivity index (χ1n) is 13.1. The van der Waals surface area contributed by atoms with Gasteiger partial charge < -0.3 is 29.8 Å². The number of aromatic nitrogens is 7. The number of anilines is 2. The summed E-state index contributed by atoms with van der Waals surface area (Å²) in [5.74, 6) is -0.107. The maximum atomic E-state index is 15.8. The van der Waals surface area contributed by atoms with E-state index in [0.717, 1.165) is 0 Å². The maximum Gasteiger partial charge on any atom is 0.280 e. The van der Waals surface area contributed by atoms with Crippen LogP contribution in [0.1, 0.15) is 24.4 Å². The SMILES string of the molecule is Nc1nc2c(ncn2[C@@H]2S[C@H](COPCC[C@H]3[C@H](F)[C@H](n4ccc5c(N)ncnc54)O[C@@H]3COP)C[C@H]2OO)c(=O)[nH]1. The lowest BCUT2D eigenvalue weighted by molar-refractivity contribution is -0.281. The highest BCUT2D eigenvalue weighted by molar-refractivity contribution is 8.00. The number of H-pyrrole nitrogens is 1. The molecule has 4 aromatic heterocycles. The number of nitrogens with two attached hydrogens (primary N) is 2. The average Bonchev–Trinajstić information content (AvgIpc) is 3.74. The molecule has 0 saturated carbocycles. The first-order chi connectivity index (χ1) is 20.4. The predicted molar refractivity (Wildman–Crippen MR) is 159 cm³/mol. The Morgan fingerprint density at radius 1 is 1.26 bits per heavy atom. The van der Waals surface area contributed by atoms with Gasteiger partial charge in [0.2, 0.25) is 5.95 Å². The molecular formula is C23H30FN9O6P2S. The van der Waals surface area contributed by atoms with Crippen LogP contribution in [0.25, 0.3) is 22.2 Å². The van der Waals surface area contributed by atoms with Gasteiger partial charge in [0, 0.05) is 35.6 Å². The molecule has 2 unspecified atom stereocenters. The molecule has 2 saturated heterocycles. The van der Waals surface area contributed by atoms with Crippen molar-refractivity contribution in [3.63, 3.8) is 0 Å². The number of alkyl halides is 1. The topological polar surface area (TPSA) is 203 Å².